The Morgan fingerprint density at radius 2 is 1.86 bits per heavy atom. The molecule has 1 amide bonds. The fraction of sp³-hybridized carbons (Fsp3) is 0.235. The number of rotatable bonds is 6. The van der Waals surface area contributed by atoms with Gasteiger partial charge in [0.2, 0.25) is 0 Å². The second kappa shape index (κ2) is 8.18. The highest BCUT2D eigenvalue weighted by Gasteiger charge is 2.11. The minimum absolute atomic E-state index is 0.106. The van der Waals surface area contributed by atoms with Gasteiger partial charge < -0.3 is 10.1 Å². The van der Waals surface area contributed by atoms with Crippen molar-refractivity contribution in [2.45, 2.75) is 19.6 Å². The zero-order chi connectivity index (χ0) is 15.9. The normalized spacial score (nSPS) is 12.0. The molecule has 0 saturated carbocycles. The molecule has 22 heavy (non-hydrogen) atoms. The lowest BCUT2D eigenvalue weighted by Gasteiger charge is -2.14. The molecular formula is C17H17Cl2NO2. The highest BCUT2D eigenvalue weighted by atomic mass is 35.5. The van der Waals surface area contributed by atoms with Crippen molar-refractivity contribution in [2.24, 2.45) is 0 Å². The number of nitrogens with one attached hydrogen (secondary N) is 1. The number of carbonyl (C=O) groups is 1. The summed E-state index contributed by atoms with van der Waals surface area (Å²) in [7, 11) is 0. The molecule has 2 aromatic carbocycles. The van der Waals surface area contributed by atoms with Crippen LogP contribution in [0, 0.1) is 0 Å². The Hall–Kier alpha value is -1.55. The summed E-state index contributed by atoms with van der Waals surface area (Å²) in [6.07, 6.45) is 0. The first-order valence-corrected chi connectivity index (χ1v) is 7.69. The van der Waals surface area contributed by atoms with Crippen molar-refractivity contribution in [3.05, 3.63) is 69.7 Å². The van der Waals surface area contributed by atoms with Crippen molar-refractivity contribution < 1.29 is 9.53 Å². The number of hydrogen-bond donors (Lipinski definition) is 1. The van der Waals surface area contributed by atoms with Gasteiger partial charge in [0, 0.05) is 11.6 Å². The van der Waals surface area contributed by atoms with E-state index in [1.165, 1.54) is 0 Å². The molecule has 0 aliphatic carbocycles. The van der Waals surface area contributed by atoms with E-state index in [2.05, 4.69) is 5.32 Å². The molecule has 0 aromatic heterocycles. The first-order valence-electron chi connectivity index (χ1n) is 6.94. The van der Waals surface area contributed by atoms with Crippen molar-refractivity contribution in [3.63, 3.8) is 0 Å². The van der Waals surface area contributed by atoms with Crippen molar-refractivity contribution in [1.29, 1.82) is 0 Å². The highest BCUT2D eigenvalue weighted by molar-refractivity contribution is 6.42. The van der Waals surface area contributed by atoms with E-state index >= 15 is 0 Å². The van der Waals surface area contributed by atoms with E-state index in [0.717, 1.165) is 5.56 Å². The molecule has 0 saturated heterocycles. The lowest BCUT2D eigenvalue weighted by molar-refractivity contribution is 0.0820. The second-order valence-electron chi connectivity index (χ2n) is 5.00. The predicted octanol–water partition coefficient (Wildman–Crippen LogP) is 4.33. The third-order valence-corrected chi connectivity index (χ3v) is 3.78. The van der Waals surface area contributed by atoms with E-state index in [1.54, 1.807) is 18.2 Å². The topological polar surface area (TPSA) is 38.3 Å². The van der Waals surface area contributed by atoms with Gasteiger partial charge in [-0.3, -0.25) is 4.79 Å². The molecule has 0 fully saturated rings. The number of carbonyl (C=O) groups excluding carboxylic acids is 1. The van der Waals surface area contributed by atoms with Crippen LogP contribution in [0.5, 0.6) is 0 Å². The zero-order valence-electron chi connectivity index (χ0n) is 12.2. The number of benzene rings is 2. The fourth-order valence-corrected chi connectivity index (χ4v) is 2.21. The van der Waals surface area contributed by atoms with E-state index in [1.807, 2.05) is 37.3 Å². The van der Waals surface area contributed by atoms with E-state index in [9.17, 15) is 4.79 Å². The maximum absolute atomic E-state index is 12.1. The number of ether oxygens (including phenoxy) is 1. The molecule has 0 unspecified atom stereocenters. The quantitative estimate of drug-likeness (QED) is 0.851. The summed E-state index contributed by atoms with van der Waals surface area (Å²) in [5, 5.41) is 3.65. The molecule has 1 atom stereocenters. The van der Waals surface area contributed by atoms with Crippen molar-refractivity contribution >= 4 is 29.1 Å². The van der Waals surface area contributed by atoms with Gasteiger partial charge in [-0.05, 0) is 30.7 Å². The van der Waals surface area contributed by atoms with Gasteiger partial charge in [-0.25, -0.2) is 0 Å². The summed E-state index contributed by atoms with van der Waals surface area (Å²) in [6.45, 7) is 2.84. The minimum Gasteiger partial charge on any atom is -0.375 e. The third-order valence-electron chi connectivity index (χ3n) is 3.04. The van der Waals surface area contributed by atoms with Crippen LogP contribution < -0.4 is 5.32 Å². The molecule has 2 aromatic rings. The van der Waals surface area contributed by atoms with Crippen LogP contribution in [0.3, 0.4) is 0 Å². The Morgan fingerprint density at radius 3 is 2.55 bits per heavy atom. The van der Waals surface area contributed by atoms with Crippen LogP contribution in [0.1, 0.15) is 22.8 Å². The van der Waals surface area contributed by atoms with Gasteiger partial charge in [-0.15, -0.1) is 0 Å². The van der Waals surface area contributed by atoms with Crippen molar-refractivity contribution in [2.75, 3.05) is 6.61 Å². The smallest absolute Gasteiger partial charge is 0.251 e. The molecule has 1 N–H and O–H groups in total. The van der Waals surface area contributed by atoms with Crippen molar-refractivity contribution in [1.82, 2.24) is 5.32 Å². The zero-order valence-corrected chi connectivity index (χ0v) is 13.7. The Kier molecular flexibility index (Phi) is 6.25. The molecule has 2 rings (SSSR count). The number of halogens is 2. The molecule has 5 heteroatoms. The number of amides is 1. The van der Waals surface area contributed by atoms with Crippen molar-refractivity contribution in [3.8, 4) is 0 Å². The average Bonchev–Trinajstić information content (AvgIpc) is 2.51. The van der Waals surface area contributed by atoms with Crippen LogP contribution in [0.2, 0.25) is 10.0 Å². The first-order chi connectivity index (χ1) is 10.6. The van der Waals surface area contributed by atoms with E-state index in [4.69, 9.17) is 27.9 Å². The molecule has 0 aliphatic rings. The lowest BCUT2D eigenvalue weighted by atomic mass is 10.2. The van der Waals surface area contributed by atoms with Crippen LogP contribution in [0.15, 0.2) is 48.5 Å². The van der Waals surface area contributed by atoms with Crippen LogP contribution in [-0.2, 0) is 11.3 Å². The molecule has 0 aliphatic heterocycles. The van der Waals surface area contributed by atoms with Gasteiger partial charge in [0.1, 0.15) is 0 Å². The van der Waals surface area contributed by atoms with Crippen LogP contribution in [0.25, 0.3) is 0 Å². The maximum atomic E-state index is 12.1. The Balaban J connectivity index is 1.79. The van der Waals surface area contributed by atoms with E-state index in [-0.39, 0.29) is 11.9 Å². The highest BCUT2D eigenvalue weighted by Crippen LogP contribution is 2.22. The monoisotopic (exact) mass is 337 g/mol. The van der Waals surface area contributed by atoms with Crippen LogP contribution >= 0.6 is 23.2 Å². The predicted molar refractivity (Wildman–Crippen MR) is 89.5 cm³/mol. The summed E-state index contributed by atoms with van der Waals surface area (Å²) in [4.78, 5) is 12.1. The van der Waals surface area contributed by atoms with Crippen LogP contribution in [-0.4, -0.2) is 18.6 Å². The summed E-state index contributed by atoms with van der Waals surface area (Å²) < 4.78 is 5.60. The van der Waals surface area contributed by atoms with Gasteiger partial charge in [0.05, 0.1) is 23.3 Å². The molecule has 0 heterocycles. The van der Waals surface area contributed by atoms with E-state index in [0.29, 0.717) is 28.8 Å². The maximum Gasteiger partial charge on any atom is 0.251 e. The molecule has 0 radical (unpaired) electrons. The molecule has 116 valence electrons. The molecule has 0 bridgehead atoms. The third kappa shape index (κ3) is 5.02. The van der Waals surface area contributed by atoms with Crippen LogP contribution in [0.4, 0.5) is 0 Å². The minimum atomic E-state index is -0.200. The second-order valence-corrected chi connectivity index (χ2v) is 5.82. The molecule has 3 nitrogen and oxygen atoms in total. The lowest BCUT2D eigenvalue weighted by Crippen LogP contribution is -2.35. The fourth-order valence-electron chi connectivity index (χ4n) is 1.91. The summed E-state index contributed by atoms with van der Waals surface area (Å²) in [5.41, 5.74) is 1.58. The summed E-state index contributed by atoms with van der Waals surface area (Å²) in [5.74, 6) is -0.200. The summed E-state index contributed by atoms with van der Waals surface area (Å²) >= 11 is 11.7. The van der Waals surface area contributed by atoms with Gasteiger partial charge in [-0.2, -0.15) is 0 Å². The largest absolute Gasteiger partial charge is 0.375 e. The molecule has 0 spiro atoms. The Bertz CT molecular complexity index is 632. The SMILES string of the molecule is C[C@@H](COCc1ccccc1)NC(=O)c1ccc(Cl)c(Cl)c1. The first kappa shape index (κ1) is 16.8. The van der Waals surface area contributed by atoms with Gasteiger partial charge in [-0.1, -0.05) is 53.5 Å². The van der Waals surface area contributed by atoms with Gasteiger partial charge in [0.25, 0.3) is 5.91 Å². The number of hydrogen-bond acceptors (Lipinski definition) is 2. The van der Waals surface area contributed by atoms with E-state index < -0.39 is 0 Å². The Labute approximate surface area is 140 Å². The molecular weight excluding hydrogens is 321 g/mol. The average molecular weight is 338 g/mol. The standard InChI is InChI=1S/C17H17Cl2NO2/c1-12(10-22-11-13-5-3-2-4-6-13)20-17(21)14-7-8-15(18)16(19)9-14/h2-9,12H,10-11H2,1H3,(H,20,21)/t12-/m0/s1. The Morgan fingerprint density at radius 1 is 1.14 bits per heavy atom. The van der Waals surface area contributed by atoms with Gasteiger partial charge in [0.15, 0.2) is 0 Å². The van der Waals surface area contributed by atoms with Gasteiger partial charge >= 0.3 is 0 Å². The summed E-state index contributed by atoms with van der Waals surface area (Å²) in [6, 6.07) is 14.6.